The van der Waals surface area contributed by atoms with Crippen molar-refractivity contribution in [3.63, 3.8) is 0 Å². The Balaban J connectivity index is 2.07. The van der Waals surface area contributed by atoms with E-state index in [4.69, 9.17) is 10.2 Å². The van der Waals surface area contributed by atoms with Crippen LogP contribution in [0.25, 0.3) is 11.5 Å². The van der Waals surface area contributed by atoms with E-state index in [1.165, 1.54) is 0 Å². The number of amides is 3. The van der Waals surface area contributed by atoms with Gasteiger partial charge in [0, 0.05) is 12.0 Å². The van der Waals surface area contributed by atoms with E-state index in [9.17, 15) is 14.4 Å². The average molecular weight is 276 g/mol. The Kier molecular flexibility index (Phi) is 3.94. The summed E-state index contributed by atoms with van der Waals surface area (Å²) in [6.45, 7) is -0.00567. The van der Waals surface area contributed by atoms with Gasteiger partial charge in [0.15, 0.2) is 0 Å². The first-order valence-corrected chi connectivity index (χ1v) is 5.79. The van der Waals surface area contributed by atoms with Gasteiger partial charge in [-0.05, 0) is 12.1 Å². The first-order valence-electron chi connectivity index (χ1n) is 5.79. The molecule has 0 spiro atoms. The number of benzene rings is 1. The fourth-order valence-electron chi connectivity index (χ4n) is 1.55. The van der Waals surface area contributed by atoms with Gasteiger partial charge in [0.25, 0.3) is 0 Å². The molecule has 0 bridgehead atoms. The molecule has 0 radical (unpaired) electrons. The first kappa shape index (κ1) is 13.5. The molecule has 0 aliphatic carbocycles. The molecule has 1 aromatic heterocycles. The molecule has 3 amide bonds. The van der Waals surface area contributed by atoms with Crippen LogP contribution in [0.1, 0.15) is 6.42 Å². The van der Waals surface area contributed by atoms with Crippen molar-refractivity contribution in [1.29, 1.82) is 0 Å². The van der Waals surface area contributed by atoms with Crippen LogP contribution in [0.15, 0.2) is 39.5 Å². The Labute approximate surface area is 113 Å². The van der Waals surface area contributed by atoms with Crippen molar-refractivity contribution in [1.82, 2.24) is 15.1 Å². The van der Waals surface area contributed by atoms with E-state index >= 15 is 0 Å². The Morgan fingerprint density at radius 1 is 1.30 bits per heavy atom. The van der Waals surface area contributed by atoms with Gasteiger partial charge in [0.05, 0.1) is 6.54 Å². The molecule has 0 fully saturated rings. The number of imide groups is 1. The van der Waals surface area contributed by atoms with Crippen LogP contribution < -0.4 is 16.8 Å². The summed E-state index contributed by atoms with van der Waals surface area (Å²) in [6.07, 6.45) is -0.108. The molecular weight excluding hydrogens is 264 g/mol. The maximum atomic E-state index is 11.6. The molecule has 0 atom stereocenters. The maximum Gasteiger partial charge on any atom is 0.437 e. The summed E-state index contributed by atoms with van der Waals surface area (Å²) in [5, 5.41) is 5.87. The predicted octanol–water partition coefficient (Wildman–Crippen LogP) is 0.0883. The molecule has 20 heavy (non-hydrogen) atoms. The molecule has 0 saturated heterocycles. The van der Waals surface area contributed by atoms with Gasteiger partial charge in [-0.3, -0.25) is 10.1 Å². The minimum Gasteiger partial charge on any atom is -0.388 e. The third-order valence-electron chi connectivity index (χ3n) is 2.44. The lowest BCUT2D eigenvalue weighted by molar-refractivity contribution is -0.120. The molecule has 0 aliphatic heterocycles. The first-order chi connectivity index (χ1) is 9.56. The predicted molar refractivity (Wildman–Crippen MR) is 68.5 cm³/mol. The fraction of sp³-hybridized carbons (Fsp3) is 0.167. The van der Waals surface area contributed by atoms with Gasteiger partial charge in [-0.15, -0.1) is 5.10 Å². The summed E-state index contributed by atoms with van der Waals surface area (Å²) in [7, 11) is 0. The number of aryl methyl sites for hydroxylation is 1. The minimum absolute atomic E-state index is 0.00567. The Morgan fingerprint density at radius 2 is 2.00 bits per heavy atom. The van der Waals surface area contributed by atoms with E-state index in [-0.39, 0.29) is 18.9 Å². The molecule has 2 aromatic rings. The number of urea groups is 1. The van der Waals surface area contributed by atoms with E-state index in [0.717, 1.165) is 4.68 Å². The molecule has 1 heterocycles. The number of nitrogens with two attached hydrogens (primary N) is 1. The molecule has 1 aromatic carbocycles. The van der Waals surface area contributed by atoms with Gasteiger partial charge in [0.1, 0.15) is 0 Å². The molecule has 104 valence electrons. The van der Waals surface area contributed by atoms with Crippen LogP contribution in [0.2, 0.25) is 0 Å². The zero-order valence-corrected chi connectivity index (χ0v) is 10.4. The Hall–Kier alpha value is -2.90. The molecular formula is C12H12N4O4. The lowest BCUT2D eigenvalue weighted by atomic mass is 10.2. The van der Waals surface area contributed by atoms with Gasteiger partial charge in [0.2, 0.25) is 11.8 Å². The quantitative estimate of drug-likeness (QED) is 0.819. The van der Waals surface area contributed by atoms with E-state index in [2.05, 4.69) is 5.10 Å². The van der Waals surface area contributed by atoms with E-state index in [1.54, 1.807) is 24.3 Å². The summed E-state index contributed by atoms with van der Waals surface area (Å²) in [5.41, 5.74) is 5.46. The largest absolute Gasteiger partial charge is 0.437 e. The van der Waals surface area contributed by atoms with Crippen molar-refractivity contribution in [2.75, 3.05) is 0 Å². The highest BCUT2D eigenvalue weighted by Crippen LogP contribution is 2.13. The van der Waals surface area contributed by atoms with Crippen LogP contribution in [-0.2, 0) is 11.3 Å². The second-order valence-electron chi connectivity index (χ2n) is 3.92. The number of nitrogens with one attached hydrogen (secondary N) is 1. The summed E-state index contributed by atoms with van der Waals surface area (Å²) in [5.74, 6) is -1.09. The average Bonchev–Trinajstić information content (AvgIpc) is 2.78. The number of carbonyl (C=O) groups is 2. The van der Waals surface area contributed by atoms with Crippen LogP contribution in [-0.4, -0.2) is 21.7 Å². The fourth-order valence-corrected chi connectivity index (χ4v) is 1.55. The molecule has 0 aliphatic rings. The molecule has 8 nitrogen and oxygen atoms in total. The number of primary amides is 1. The minimum atomic E-state index is -0.938. The monoisotopic (exact) mass is 276 g/mol. The number of hydrogen-bond acceptors (Lipinski definition) is 5. The molecule has 3 N–H and O–H groups in total. The third-order valence-corrected chi connectivity index (χ3v) is 2.44. The van der Waals surface area contributed by atoms with Crippen molar-refractivity contribution in [2.24, 2.45) is 5.73 Å². The molecule has 0 saturated carbocycles. The summed E-state index contributed by atoms with van der Waals surface area (Å²) in [6, 6.07) is 7.95. The molecule has 2 rings (SSSR count). The molecule has 8 heteroatoms. The van der Waals surface area contributed by atoms with E-state index < -0.39 is 17.7 Å². The lowest BCUT2D eigenvalue weighted by Gasteiger charge is -1.99. The van der Waals surface area contributed by atoms with Crippen LogP contribution in [0, 0.1) is 0 Å². The number of rotatable bonds is 4. The normalized spacial score (nSPS) is 10.2. The Morgan fingerprint density at radius 3 is 2.65 bits per heavy atom. The number of carbonyl (C=O) groups excluding carboxylic acids is 2. The standard InChI is InChI=1S/C12H12N4O4/c13-11(18)14-9(17)6-7-16-12(19)20-10(15-16)8-4-2-1-3-5-8/h1-5H,6-7H2,(H3,13,14,17,18). The maximum absolute atomic E-state index is 11.6. The van der Waals surface area contributed by atoms with Crippen LogP contribution >= 0.6 is 0 Å². The summed E-state index contributed by atoms with van der Waals surface area (Å²) in [4.78, 5) is 33.3. The Bertz CT molecular complexity index is 674. The van der Waals surface area contributed by atoms with Crippen LogP contribution in [0.5, 0.6) is 0 Å². The lowest BCUT2D eigenvalue weighted by Crippen LogP contribution is -2.35. The van der Waals surface area contributed by atoms with Gasteiger partial charge >= 0.3 is 11.8 Å². The van der Waals surface area contributed by atoms with Crippen molar-refractivity contribution in [3.8, 4) is 11.5 Å². The highest BCUT2D eigenvalue weighted by Gasteiger charge is 2.11. The second kappa shape index (κ2) is 5.83. The van der Waals surface area contributed by atoms with Gasteiger partial charge in [-0.1, -0.05) is 18.2 Å². The third kappa shape index (κ3) is 3.31. The van der Waals surface area contributed by atoms with Crippen molar-refractivity contribution < 1.29 is 14.0 Å². The second-order valence-corrected chi connectivity index (χ2v) is 3.92. The van der Waals surface area contributed by atoms with Crippen molar-refractivity contribution >= 4 is 11.9 Å². The number of nitrogens with zero attached hydrogens (tertiary/aromatic N) is 2. The number of aromatic nitrogens is 2. The summed E-state index contributed by atoms with van der Waals surface area (Å²) >= 11 is 0. The topological polar surface area (TPSA) is 120 Å². The smallest absolute Gasteiger partial charge is 0.388 e. The highest BCUT2D eigenvalue weighted by molar-refractivity contribution is 5.93. The summed E-state index contributed by atoms with van der Waals surface area (Å²) < 4.78 is 6.00. The zero-order chi connectivity index (χ0) is 14.5. The SMILES string of the molecule is NC(=O)NC(=O)CCn1nc(-c2ccccc2)oc1=O. The van der Waals surface area contributed by atoms with Crippen LogP contribution in [0.4, 0.5) is 4.79 Å². The van der Waals surface area contributed by atoms with E-state index in [1.807, 2.05) is 11.4 Å². The van der Waals surface area contributed by atoms with Crippen molar-refractivity contribution in [2.45, 2.75) is 13.0 Å². The van der Waals surface area contributed by atoms with Crippen LogP contribution in [0.3, 0.4) is 0 Å². The van der Waals surface area contributed by atoms with Gasteiger partial charge in [-0.25, -0.2) is 9.59 Å². The van der Waals surface area contributed by atoms with E-state index in [0.29, 0.717) is 5.56 Å². The molecule has 0 unspecified atom stereocenters. The van der Waals surface area contributed by atoms with Gasteiger partial charge < -0.3 is 10.2 Å². The van der Waals surface area contributed by atoms with Gasteiger partial charge in [-0.2, -0.15) is 4.68 Å². The highest BCUT2D eigenvalue weighted by atomic mass is 16.4. The van der Waals surface area contributed by atoms with Crippen molar-refractivity contribution in [3.05, 3.63) is 40.9 Å². The number of hydrogen-bond donors (Lipinski definition) is 2. The zero-order valence-electron chi connectivity index (χ0n) is 10.4.